The van der Waals surface area contributed by atoms with Crippen LogP contribution in [0.15, 0.2) is 131 Å². The summed E-state index contributed by atoms with van der Waals surface area (Å²) in [6.07, 6.45) is -3.00. The Morgan fingerprint density at radius 2 is 1.18 bits per heavy atom. The van der Waals surface area contributed by atoms with Crippen LogP contribution in [0.2, 0.25) is 10.0 Å². The van der Waals surface area contributed by atoms with E-state index in [9.17, 15) is 75.3 Å². The zero-order valence-electron chi connectivity index (χ0n) is 74.1. The topological polar surface area (TPSA) is 577 Å². The molecule has 1 fully saturated rings. The Hall–Kier alpha value is -12.1. The molecule has 17 bridgehead atoms. The number of aromatic hydroxyl groups is 6. The highest BCUT2D eigenvalue weighted by molar-refractivity contribution is 8.08. The van der Waals surface area contributed by atoms with Crippen LogP contribution in [0, 0.1) is 0 Å². The largest absolute Gasteiger partial charge is 0.508 e. The maximum atomic E-state index is 16.3. The Bertz CT molecular complexity index is 5820. The van der Waals surface area contributed by atoms with Crippen molar-refractivity contribution in [3.8, 4) is 80.1 Å². The zero-order valence-corrected chi connectivity index (χ0v) is 77.3. The van der Waals surface area contributed by atoms with E-state index < -0.39 is 207 Å². The van der Waals surface area contributed by atoms with E-state index in [1.807, 2.05) is 0 Å². The van der Waals surface area contributed by atoms with Crippen molar-refractivity contribution in [2.24, 2.45) is 0 Å². The molecule has 18 N–H and O–H groups in total. The van der Waals surface area contributed by atoms with E-state index in [4.69, 9.17) is 65.8 Å². The zero-order chi connectivity index (χ0) is 97.6. The smallest absolute Gasteiger partial charge is 0.330 e. The van der Waals surface area contributed by atoms with Crippen LogP contribution in [0.1, 0.15) is 153 Å². The first-order valence-electron chi connectivity index (χ1n) is 44.2. The molecule has 44 heteroatoms. The van der Waals surface area contributed by atoms with Crippen LogP contribution in [0.4, 0.5) is 0 Å². The van der Waals surface area contributed by atoms with Crippen LogP contribution in [-0.2, 0) is 84.6 Å². The summed E-state index contributed by atoms with van der Waals surface area (Å²) in [5, 5.41) is 155. The summed E-state index contributed by atoms with van der Waals surface area (Å²) in [7, 11) is 0. The number of amides is 8. The number of phenolic OH excluding ortho intramolecular Hbond substituents is 6. The number of benzene rings is 7. The lowest BCUT2D eigenvalue weighted by atomic mass is 9.89. The SMILES string of the molecule is CCCCCCSC1=C(SCCCCCC)C(=O)N(CCOCCOCCOCCOCc2cn(C3C(=O)N[C@@H]4Cc5ccc(c(Cl)c5)Oc5cc6cc(c5O)Oc5ccc(cc5Cl)[C@@H](O[C@@H]5O[C@H](CO)[C@@H](O)[C@H](O)[C@H]5NC(C)=O)[C@H]5NC(=O)[C@H](NC(O)[C@@H]6NC(=O)[C@@H](NC4=O)c4cc(O)cc(c4)Oc4cc3ccc4O)c3ccc(O)c(c3)-c3c(O)cc(O)cc3[C@H](C(=O)O)NC5=O)nn2)C1=O. The number of rotatable bonds is 32. The molecule has 9 heterocycles. The molecule has 8 amide bonds. The Labute approximate surface area is 801 Å². The third-order valence-electron chi connectivity index (χ3n) is 23.2. The summed E-state index contributed by atoms with van der Waals surface area (Å²) < 4.78 is 56.1. The van der Waals surface area contributed by atoms with Gasteiger partial charge in [-0.3, -0.25) is 48.6 Å². The third kappa shape index (κ3) is 24.0. The van der Waals surface area contributed by atoms with Crippen molar-refractivity contribution >= 4 is 100.0 Å². The minimum Gasteiger partial charge on any atom is -0.508 e. The van der Waals surface area contributed by atoms with Gasteiger partial charge in [-0.15, -0.1) is 28.6 Å². The van der Waals surface area contributed by atoms with Gasteiger partial charge in [0.05, 0.1) is 98.1 Å². The summed E-state index contributed by atoms with van der Waals surface area (Å²) in [5.74, 6) is -14.8. The van der Waals surface area contributed by atoms with Gasteiger partial charge < -0.3 is 131 Å². The van der Waals surface area contributed by atoms with E-state index >= 15 is 24.0 Å². The molecular formula is C93H103Cl2N11O29S2. The lowest BCUT2D eigenvalue weighted by Crippen LogP contribution is -2.65. The van der Waals surface area contributed by atoms with Crippen molar-refractivity contribution in [3.05, 3.63) is 186 Å². The Kier molecular flexibility index (Phi) is 33.8. The van der Waals surface area contributed by atoms with Gasteiger partial charge in [0.25, 0.3) is 11.8 Å². The normalized spacial score (nSPS) is 22.8. The van der Waals surface area contributed by atoms with Gasteiger partial charge in [-0.1, -0.05) is 105 Å². The van der Waals surface area contributed by atoms with Gasteiger partial charge in [-0.2, -0.15) is 0 Å². The van der Waals surface area contributed by atoms with Crippen molar-refractivity contribution in [2.75, 3.05) is 70.9 Å². The number of thioether (sulfide) groups is 2. The number of aliphatic hydroxyl groups is 4. The van der Waals surface area contributed by atoms with Crippen molar-refractivity contribution in [2.45, 2.75) is 170 Å². The molecule has 1 aromatic heterocycles. The number of ether oxygens (including phenoxy) is 9. The number of hydrogen-bond donors (Lipinski definition) is 18. The lowest BCUT2D eigenvalue weighted by molar-refractivity contribution is -0.284. The molecule has 0 aliphatic carbocycles. The minimum atomic E-state index is -2.50. The van der Waals surface area contributed by atoms with Gasteiger partial charge in [0.15, 0.2) is 41.4 Å². The van der Waals surface area contributed by atoms with E-state index in [0.717, 1.165) is 141 Å². The summed E-state index contributed by atoms with van der Waals surface area (Å²) in [6, 6.07) is 5.39. The van der Waals surface area contributed by atoms with Gasteiger partial charge >= 0.3 is 5.97 Å². The average Bonchev–Trinajstić information content (AvgIpc) is 1.64. The fourth-order valence-corrected chi connectivity index (χ4v) is 19.2. The number of aromatic nitrogens is 3. The number of carboxylic acid groups (broad SMARTS) is 1. The van der Waals surface area contributed by atoms with Gasteiger partial charge in [0, 0.05) is 42.2 Å². The number of nitrogens with zero attached hydrogens (tertiary/aromatic N) is 4. The van der Waals surface area contributed by atoms with E-state index in [1.54, 1.807) is 0 Å². The first-order valence-corrected chi connectivity index (χ1v) is 47.0. The van der Waals surface area contributed by atoms with Gasteiger partial charge in [0.1, 0.15) is 107 Å². The number of carbonyl (C=O) groups excluding carboxylic acids is 8. The first kappa shape index (κ1) is 101. The number of aliphatic carboxylic acids is 1. The number of imide groups is 1. The molecule has 730 valence electrons. The molecule has 1 saturated heterocycles. The Balaban J connectivity index is 0.753. The van der Waals surface area contributed by atoms with Crippen LogP contribution in [-0.4, -0.2) is 249 Å². The molecule has 0 spiro atoms. The second kappa shape index (κ2) is 45.9. The summed E-state index contributed by atoms with van der Waals surface area (Å²) in [4.78, 5) is 136. The van der Waals surface area contributed by atoms with E-state index in [-0.39, 0.29) is 138 Å². The minimum absolute atomic E-state index is 0.0523. The van der Waals surface area contributed by atoms with Crippen molar-refractivity contribution in [3.63, 3.8) is 0 Å². The number of unbranched alkanes of at least 4 members (excludes halogenated alkanes) is 6. The van der Waals surface area contributed by atoms with Crippen molar-refractivity contribution in [1.82, 2.24) is 57.1 Å². The lowest BCUT2D eigenvalue weighted by Gasteiger charge is -2.44. The van der Waals surface area contributed by atoms with Crippen LogP contribution in [0.5, 0.6) is 69.0 Å². The first-order chi connectivity index (χ1) is 65.9. The van der Waals surface area contributed by atoms with Crippen LogP contribution >= 0.6 is 46.7 Å². The van der Waals surface area contributed by atoms with Crippen LogP contribution < -0.4 is 51.4 Å². The summed E-state index contributed by atoms with van der Waals surface area (Å²) >= 11 is 17.3. The molecule has 0 saturated carbocycles. The maximum Gasteiger partial charge on any atom is 0.330 e. The fraction of sp³-hybridized carbons (Fsp3) is 0.409. The number of carboxylic acids is 1. The number of halogens is 2. The second-order valence-corrected chi connectivity index (χ2v) is 36.1. The molecule has 40 nitrogen and oxygen atoms in total. The van der Waals surface area contributed by atoms with Gasteiger partial charge in [-0.25, -0.2) is 9.48 Å². The number of fused-ring (bicyclic) bond motifs is 14. The predicted molar refractivity (Wildman–Crippen MR) is 490 cm³/mol. The molecule has 2 unspecified atom stereocenters. The molecule has 14 atom stereocenters. The van der Waals surface area contributed by atoms with Crippen molar-refractivity contribution in [1.29, 1.82) is 0 Å². The molecule has 8 aromatic rings. The Morgan fingerprint density at radius 3 is 1.82 bits per heavy atom. The van der Waals surface area contributed by atoms with Crippen molar-refractivity contribution < 1.29 is 142 Å². The highest BCUT2D eigenvalue weighted by Gasteiger charge is 2.50. The molecule has 8 aliphatic heterocycles. The molecule has 7 aromatic carbocycles. The Morgan fingerprint density at radius 1 is 0.562 bits per heavy atom. The van der Waals surface area contributed by atoms with E-state index in [2.05, 4.69) is 61.4 Å². The van der Waals surface area contributed by atoms with E-state index in [0.29, 0.717) is 9.81 Å². The number of nitrogens with one attached hydrogen (secondary N) is 7. The molecule has 8 aliphatic rings. The maximum absolute atomic E-state index is 16.3. The molecular weight excluding hydrogens is 1870 g/mol. The van der Waals surface area contributed by atoms with Gasteiger partial charge in [-0.05, 0) is 137 Å². The third-order valence-corrected chi connectivity index (χ3v) is 26.3. The monoisotopic (exact) mass is 1970 g/mol. The number of phenols is 6. The highest BCUT2D eigenvalue weighted by Crippen LogP contribution is 2.50. The standard InChI is InChI=1S/C93H103Cl2N11O29S2/c1-4-6-8-10-28-136-82-83(137-29-11-9-7-5-2)91(124)105(90(82)123)20-21-127-22-23-128-24-25-129-26-27-130-44-52-42-106(104-103-52)77-48-14-17-62(112)66(36-48)131-55-33-50(32-53(109)39-55)72-86(119)100-73-51-37-67(132-64-18-12-46(30-58(64)94)31-60(84(117)98-72)97-89(77)122)78(114)68(38-51)133-65-19-15-49(35-59(65)95)81(135-93-75(96-45(3)108)80(116)79(115)69(43-107)134-93)76-88(121)101-74(92(125)126)57-40-54(110)41-63(113)70(57)56-34-47(13-16-61(56)111)71(85(118)102-76)99-87(73)120/h12-19,30,32-42,60,69,71-77,79-81,87,93,99,107,109-116,120H,4-11,20-29,31,43-44H2,1-3H3,(H,96,108)(H,97,122)(H,98,117)(H,100,119)(H,101,121)(H,102,118)(H,125,126)/t60-,69-,71-,72+,73-,74-,75-,76-,77?,79-,80-,81-,87?,93+/m1/s1. The highest BCUT2D eigenvalue weighted by atomic mass is 35.5. The quantitative estimate of drug-likeness (QED) is 0.0142. The molecule has 16 rings (SSSR count). The summed E-state index contributed by atoms with van der Waals surface area (Å²) in [5.41, 5.74) is -2.35. The summed E-state index contributed by atoms with van der Waals surface area (Å²) in [6.45, 7) is 5.31. The average molecular weight is 1970 g/mol. The number of hydrogen-bond acceptors (Lipinski definition) is 33. The fourth-order valence-electron chi connectivity index (χ4n) is 16.4. The predicted octanol–water partition coefficient (Wildman–Crippen LogP) is 7.70. The number of carbonyl (C=O) groups is 9. The van der Waals surface area contributed by atoms with Crippen LogP contribution in [0.3, 0.4) is 0 Å². The molecule has 137 heavy (non-hydrogen) atoms. The molecule has 0 radical (unpaired) electrons. The van der Waals surface area contributed by atoms with Crippen LogP contribution in [0.25, 0.3) is 11.1 Å². The van der Waals surface area contributed by atoms with E-state index in [1.165, 1.54) is 83.2 Å². The second-order valence-electron chi connectivity index (χ2n) is 33.0. The number of aliphatic hydroxyl groups excluding tert-OH is 4. The van der Waals surface area contributed by atoms with Gasteiger partial charge in [0.2, 0.25) is 41.2 Å².